The van der Waals surface area contributed by atoms with Crippen LogP contribution in [0.5, 0.6) is 0 Å². The maximum absolute atomic E-state index is 10.3. The molecule has 0 heterocycles. The van der Waals surface area contributed by atoms with E-state index in [9.17, 15) is 9.90 Å². The summed E-state index contributed by atoms with van der Waals surface area (Å²) in [6.45, 7) is 3.89. The van der Waals surface area contributed by atoms with E-state index in [1.165, 1.54) is 0 Å². The lowest BCUT2D eigenvalue weighted by Gasteiger charge is -2.08. The number of rotatable bonds is 2. The van der Waals surface area contributed by atoms with E-state index in [0.717, 1.165) is 16.7 Å². The minimum atomic E-state index is -1.02. The molecule has 2 heteroatoms. The third-order valence-corrected chi connectivity index (χ3v) is 2.05. The average Bonchev–Trinajstić information content (AvgIpc) is 1.98. The Kier molecular flexibility index (Phi) is 2.48. The molecule has 0 radical (unpaired) electrons. The van der Waals surface area contributed by atoms with E-state index in [0.29, 0.717) is 0 Å². The second-order valence-electron chi connectivity index (χ2n) is 2.91. The predicted molar refractivity (Wildman–Crippen MR) is 44.6 cm³/mol. The zero-order valence-corrected chi connectivity index (χ0v) is 7.26. The van der Waals surface area contributed by atoms with Crippen LogP contribution in [-0.2, 0) is 11.2 Å². The molecule has 0 fully saturated rings. The van der Waals surface area contributed by atoms with Gasteiger partial charge in [0.05, 0.1) is 0 Å². The molecule has 12 heavy (non-hydrogen) atoms. The Labute approximate surface area is 71.8 Å². The highest BCUT2D eigenvalue weighted by atomic mass is 16.4. The fraction of sp³-hybridized carbons (Fsp3) is 0.300. The van der Waals surface area contributed by atoms with Gasteiger partial charge in [-0.05, 0) is 30.5 Å². The van der Waals surface area contributed by atoms with Crippen molar-refractivity contribution in [3.05, 3.63) is 34.9 Å². The van der Waals surface area contributed by atoms with Crippen LogP contribution in [0.15, 0.2) is 18.2 Å². The molecular weight excluding hydrogens is 152 g/mol. The van der Waals surface area contributed by atoms with Crippen LogP contribution in [0.2, 0.25) is 0 Å². The van der Waals surface area contributed by atoms with Crippen LogP contribution in [0.25, 0.3) is 0 Å². The van der Waals surface area contributed by atoms with Crippen molar-refractivity contribution in [3.8, 4) is 0 Å². The first-order chi connectivity index (χ1) is 5.61. The fourth-order valence-electron chi connectivity index (χ4n) is 1.16. The zero-order chi connectivity index (χ0) is 9.14. The van der Waals surface area contributed by atoms with E-state index >= 15 is 0 Å². The molecule has 0 saturated heterocycles. The first-order valence-electron chi connectivity index (χ1n) is 3.86. The van der Waals surface area contributed by atoms with Crippen molar-refractivity contribution in [1.29, 1.82) is 0 Å². The molecule has 0 aliphatic carbocycles. The summed E-state index contributed by atoms with van der Waals surface area (Å²) in [5, 5.41) is 10.3. The second kappa shape index (κ2) is 3.39. The summed E-state index contributed by atoms with van der Waals surface area (Å²) in [5.41, 5.74) is 3.01. The van der Waals surface area contributed by atoms with E-state index < -0.39 is 5.97 Å². The molecule has 0 unspecified atom stereocenters. The molecule has 0 aromatic heterocycles. The van der Waals surface area contributed by atoms with E-state index in [2.05, 4.69) is 0 Å². The third-order valence-electron chi connectivity index (χ3n) is 2.05. The van der Waals surface area contributed by atoms with Crippen molar-refractivity contribution in [2.45, 2.75) is 20.3 Å². The normalized spacial score (nSPS) is 9.83. The first-order valence-corrected chi connectivity index (χ1v) is 3.86. The molecule has 0 atom stereocenters. The van der Waals surface area contributed by atoms with Crippen LogP contribution in [0.3, 0.4) is 0 Å². The molecular formula is C10H11O2-. The van der Waals surface area contributed by atoms with Gasteiger partial charge in [-0.1, -0.05) is 18.2 Å². The Hall–Kier alpha value is -1.31. The van der Waals surface area contributed by atoms with Gasteiger partial charge in [0.2, 0.25) is 0 Å². The molecule has 0 N–H and O–H groups in total. The molecule has 0 amide bonds. The molecule has 0 bridgehead atoms. The molecule has 1 rings (SSSR count). The van der Waals surface area contributed by atoms with Gasteiger partial charge < -0.3 is 9.90 Å². The van der Waals surface area contributed by atoms with Gasteiger partial charge in [0.15, 0.2) is 0 Å². The predicted octanol–water partition coefficient (Wildman–Crippen LogP) is 0.596. The lowest BCUT2D eigenvalue weighted by Crippen LogP contribution is -2.24. The molecule has 2 nitrogen and oxygen atoms in total. The molecule has 0 spiro atoms. The second-order valence-corrected chi connectivity index (χ2v) is 2.91. The number of benzene rings is 1. The van der Waals surface area contributed by atoms with Crippen molar-refractivity contribution in [3.63, 3.8) is 0 Å². The van der Waals surface area contributed by atoms with Gasteiger partial charge in [0.1, 0.15) is 0 Å². The summed E-state index contributed by atoms with van der Waals surface area (Å²) in [5.74, 6) is -1.02. The average molecular weight is 163 g/mol. The Morgan fingerprint density at radius 1 is 1.42 bits per heavy atom. The highest BCUT2D eigenvalue weighted by Gasteiger charge is 1.99. The number of aliphatic carboxylic acids is 1. The number of carbonyl (C=O) groups is 1. The van der Waals surface area contributed by atoms with Crippen LogP contribution in [0.1, 0.15) is 16.7 Å². The number of hydrogen-bond acceptors (Lipinski definition) is 2. The lowest BCUT2D eigenvalue weighted by molar-refractivity contribution is -0.304. The highest BCUT2D eigenvalue weighted by molar-refractivity contribution is 5.68. The summed E-state index contributed by atoms with van der Waals surface area (Å²) in [7, 11) is 0. The van der Waals surface area contributed by atoms with Crippen molar-refractivity contribution in [1.82, 2.24) is 0 Å². The molecule has 0 saturated carbocycles. The zero-order valence-electron chi connectivity index (χ0n) is 7.26. The maximum atomic E-state index is 10.3. The number of carboxylic acid groups (broad SMARTS) is 1. The van der Waals surface area contributed by atoms with Crippen molar-refractivity contribution < 1.29 is 9.90 Å². The van der Waals surface area contributed by atoms with Gasteiger partial charge in [-0.15, -0.1) is 0 Å². The Bertz CT molecular complexity index is 303. The monoisotopic (exact) mass is 163 g/mol. The van der Waals surface area contributed by atoms with Crippen LogP contribution in [0.4, 0.5) is 0 Å². The Balaban J connectivity index is 3.00. The van der Waals surface area contributed by atoms with Crippen LogP contribution in [0, 0.1) is 13.8 Å². The van der Waals surface area contributed by atoms with Crippen LogP contribution >= 0.6 is 0 Å². The SMILES string of the molecule is Cc1cccc(CC(=O)[O-])c1C. The standard InChI is InChI=1S/C10H12O2/c1-7-4-3-5-9(8(7)2)6-10(11)12/h3-5H,6H2,1-2H3,(H,11,12)/p-1. The maximum Gasteiger partial charge on any atom is 0.0458 e. The molecule has 0 aliphatic heterocycles. The summed E-state index contributed by atoms with van der Waals surface area (Å²) < 4.78 is 0. The van der Waals surface area contributed by atoms with Gasteiger partial charge in [0.25, 0.3) is 0 Å². The minimum Gasteiger partial charge on any atom is -0.550 e. The quantitative estimate of drug-likeness (QED) is 0.640. The van der Waals surface area contributed by atoms with Crippen LogP contribution in [-0.4, -0.2) is 5.97 Å². The first kappa shape index (κ1) is 8.78. The van der Waals surface area contributed by atoms with E-state index in [4.69, 9.17) is 0 Å². The molecule has 1 aromatic carbocycles. The van der Waals surface area contributed by atoms with E-state index in [-0.39, 0.29) is 6.42 Å². The van der Waals surface area contributed by atoms with E-state index in [1.807, 2.05) is 32.0 Å². The van der Waals surface area contributed by atoms with Gasteiger partial charge >= 0.3 is 0 Å². The molecule has 0 aliphatic rings. The Morgan fingerprint density at radius 3 is 2.67 bits per heavy atom. The number of hydrogen-bond donors (Lipinski definition) is 0. The van der Waals surface area contributed by atoms with Crippen molar-refractivity contribution in [2.24, 2.45) is 0 Å². The van der Waals surface area contributed by atoms with Crippen molar-refractivity contribution >= 4 is 5.97 Å². The topological polar surface area (TPSA) is 40.1 Å². The smallest absolute Gasteiger partial charge is 0.0458 e. The Morgan fingerprint density at radius 2 is 2.08 bits per heavy atom. The van der Waals surface area contributed by atoms with Gasteiger partial charge in [0, 0.05) is 12.4 Å². The van der Waals surface area contributed by atoms with Gasteiger partial charge in [-0.25, -0.2) is 0 Å². The summed E-state index contributed by atoms with van der Waals surface area (Å²) in [4.78, 5) is 10.3. The van der Waals surface area contributed by atoms with Gasteiger partial charge in [-0.2, -0.15) is 0 Å². The summed E-state index contributed by atoms with van der Waals surface area (Å²) in [6, 6.07) is 5.65. The highest BCUT2D eigenvalue weighted by Crippen LogP contribution is 2.12. The summed E-state index contributed by atoms with van der Waals surface area (Å²) in [6.07, 6.45) is 0.00745. The van der Waals surface area contributed by atoms with E-state index in [1.54, 1.807) is 0 Å². The third kappa shape index (κ3) is 1.84. The largest absolute Gasteiger partial charge is 0.550 e. The van der Waals surface area contributed by atoms with Gasteiger partial charge in [-0.3, -0.25) is 0 Å². The van der Waals surface area contributed by atoms with Crippen molar-refractivity contribution in [2.75, 3.05) is 0 Å². The molecule has 1 aromatic rings. The number of carboxylic acids is 1. The molecule has 64 valence electrons. The number of carbonyl (C=O) groups excluding carboxylic acids is 1. The summed E-state index contributed by atoms with van der Waals surface area (Å²) >= 11 is 0. The lowest BCUT2D eigenvalue weighted by atomic mass is 10.0. The minimum absolute atomic E-state index is 0.00745. The van der Waals surface area contributed by atoms with Crippen LogP contribution < -0.4 is 5.11 Å². The fourth-order valence-corrected chi connectivity index (χ4v) is 1.16. The number of aryl methyl sites for hydroxylation is 1.